The minimum absolute atomic E-state index is 0.0291. The third kappa shape index (κ3) is 2.14. The Kier molecular flexibility index (Phi) is 3.19. The van der Waals surface area contributed by atoms with Crippen molar-refractivity contribution in [3.63, 3.8) is 0 Å². The molecule has 1 fully saturated rings. The number of nitrogens with two attached hydrogens (primary N) is 1. The highest BCUT2D eigenvalue weighted by Gasteiger charge is 2.38. The van der Waals surface area contributed by atoms with Crippen LogP contribution in [0, 0.1) is 0 Å². The van der Waals surface area contributed by atoms with Gasteiger partial charge in [0.1, 0.15) is 0 Å². The molecule has 1 aromatic rings. The van der Waals surface area contributed by atoms with Gasteiger partial charge < -0.3 is 10.6 Å². The number of hydrogen-bond acceptors (Lipinski definition) is 3. The van der Waals surface area contributed by atoms with E-state index in [-0.39, 0.29) is 23.5 Å². The molecule has 1 amide bonds. The van der Waals surface area contributed by atoms with Crippen molar-refractivity contribution in [2.45, 2.75) is 51.7 Å². The first kappa shape index (κ1) is 13.1. The molecule has 2 N–H and O–H groups in total. The summed E-state index contributed by atoms with van der Waals surface area (Å²) in [5, 5.41) is 4.38. The topological polar surface area (TPSA) is 64.2 Å². The van der Waals surface area contributed by atoms with Crippen molar-refractivity contribution in [1.82, 2.24) is 14.7 Å². The van der Waals surface area contributed by atoms with Crippen molar-refractivity contribution < 1.29 is 4.79 Å². The van der Waals surface area contributed by atoms with Gasteiger partial charge in [-0.05, 0) is 27.7 Å². The van der Waals surface area contributed by atoms with Crippen LogP contribution in [0.2, 0.25) is 0 Å². The first-order valence-corrected chi connectivity index (χ1v) is 6.44. The average Bonchev–Trinajstić information content (AvgIpc) is 2.81. The zero-order valence-corrected chi connectivity index (χ0v) is 11.6. The molecule has 2 atom stereocenters. The number of likely N-dealkylation sites (N-methyl/N-ethyl adjacent to an activating group) is 1. The molecular weight excluding hydrogens is 228 g/mol. The Bertz CT molecular complexity index is 446. The standard InChI is InChI=1S/C13H22N4O/c1-5-16-11(18)6-10(14)12(16)9-7-15-17(8-9)13(2,3)4/h7-8,10,12H,5-6,14H2,1-4H3/t10-,12+/m0/s1. The number of aromatic nitrogens is 2. The Balaban J connectivity index is 2.31. The van der Waals surface area contributed by atoms with Gasteiger partial charge in [-0.3, -0.25) is 9.48 Å². The predicted octanol–water partition coefficient (Wildman–Crippen LogP) is 1.26. The van der Waals surface area contributed by atoms with Crippen LogP contribution in [0.4, 0.5) is 0 Å². The first-order valence-electron chi connectivity index (χ1n) is 6.44. The van der Waals surface area contributed by atoms with Crippen LogP contribution >= 0.6 is 0 Å². The van der Waals surface area contributed by atoms with Gasteiger partial charge in [-0.2, -0.15) is 5.10 Å². The lowest BCUT2D eigenvalue weighted by Gasteiger charge is -2.25. The normalized spacial score (nSPS) is 24.9. The molecular formula is C13H22N4O. The molecule has 100 valence electrons. The lowest BCUT2D eigenvalue weighted by molar-refractivity contribution is -0.128. The summed E-state index contributed by atoms with van der Waals surface area (Å²) in [7, 11) is 0. The number of nitrogens with zero attached hydrogens (tertiary/aromatic N) is 3. The second-order valence-electron chi connectivity index (χ2n) is 5.88. The number of amides is 1. The van der Waals surface area contributed by atoms with Crippen molar-refractivity contribution in [2.75, 3.05) is 6.54 Å². The number of rotatable bonds is 2. The fourth-order valence-corrected chi connectivity index (χ4v) is 2.47. The molecule has 2 rings (SSSR count). The second-order valence-corrected chi connectivity index (χ2v) is 5.88. The molecule has 0 aromatic carbocycles. The van der Waals surface area contributed by atoms with E-state index in [0.717, 1.165) is 5.56 Å². The molecule has 0 radical (unpaired) electrons. The molecule has 2 heterocycles. The Hall–Kier alpha value is -1.36. The molecule has 0 unspecified atom stereocenters. The molecule has 1 aromatic heterocycles. The summed E-state index contributed by atoms with van der Waals surface area (Å²) in [5.41, 5.74) is 7.07. The van der Waals surface area contributed by atoms with Crippen molar-refractivity contribution in [1.29, 1.82) is 0 Å². The summed E-state index contributed by atoms with van der Waals surface area (Å²) >= 11 is 0. The fraction of sp³-hybridized carbons (Fsp3) is 0.692. The Morgan fingerprint density at radius 1 is 1.50 bits per heavy atom. The number of carbonyl (C=O) groups excluding carboxylic acids is 1. The van der Waals surface area contributed by atoms with Gasteiger partial charge >= 0.3 is 0 Å². The van der Waals surface area contributed by atoms with Crippen LogP contribution in [-0.2, 0) is 10.3 Å². The minimum Gasteiger partial charge on any atom is -0.334 e. The largest absolute Gasteiger partial charge is 0.334 e. The fourth-order valence-electron chi connectivity index (χ4n) is 2.47. The summed E-state index contributed by atoms with van der Waals surface area (Å²) in [4.78, 5) is 13.7. The first-order chi connectivity index (χ1) is 8.34. The van der Waals surface area contributed by atoms with Gasteiger partial charge in [0.2, 0.25) is 5.91 Å². The third-order valence-corrected chi connectivity index (χ3v) is 3.44. The highest BCUT2D eigenvalue weighted by atomic mass is 16.2. The van der Waals surface area contributed by atoms with Crippen LogP contribution in [0.1, 0.15) is 45.7 Å². The molecule has 0 aliphatic carbocycles. The lowest BCUT2D eigenvalue weighted by Crippen LogP contribution is -2.32. The van der Waals surface area contributed by atoms with Gasteiger partial charge in [-0.1, -0.05) is 0 Å². The smallest absolute Gasteiger partial charge is 0.224 e. The van der Waals surface area contributed by atoms with Crippen molar-refractivity contribution >= 4 is 5.91 Å². The highest BCUT2D eigenvalue weighted by Crippen LogP contribution is 2.32. The molecule has 0 saturated carbocycles. The summed E-state index contributed by atoms with van der Waals surface area (Å²) in [6, 6.07) is -0.159. The number of carbonyl (C=O) groups is 1. The predicted molar refractivity (Wildman–Crippen MR) is 69.9 cm³/mol. The molecule has 1 saturated heterocycles. The van der Waals surface area contributed by atoms with Gasteiger partial charge in [-0.25, -0.2) is 0 Å². The van der Waals surface area contributed by atoms with E-state index in [1.165, 1.54) is 0 Å². The van der Waals surface area contributed by atoms with E-state index < -0.39 is 0 Å². The molecule has 0 bridgehead atoms. The van der Waals surface area contributed by atoms with Gasteiger partial charge in [-0.15, -0.1) is 0 Å². The third-order valence-electron chi connectivity index (χ3n) is 3.44. The molecule has 5 heteroatoms. The number of likely N-dealkylation sites (tertiary alicyclic amines) is 1. The van der Waals surface area contributed by atoms with Crippen LogP contribution < -0.4 is 5.73 Å². The maximum Gasteiger partial charge on any atom is 0.224 e. The van der Waals surface area contributed by atoms with Crippen molar-refractivity contribution in [3.8, 4) is 0 Å². The van der Waals surface area contributed by atoms with E-state index in [1.807, 2.05) is 28.9 Å². The van der Waals surface area contributed by atoms with E-state index in [4.69, 9.17) is 5.73 Å². The maximum atomic E-state index is 11.8. The molecule has 18 heavy (non-hydrogen) atoms. The van der Waals surface area contributed by atoms with E-state index in [9.17, 15) is 4.79 Å². The Morgan fingerprint density at radius 2 is 2.17 bits per heavy atom. The summed E-state index contributed by atoms with van der Waals surface area (Å²) in [6.07, 6.45) is 4.27. The van der Waals surface area contributed by atoms with Crippen LogP contribution in [0.15, 0.2) is 12.4 Å². The number of hydrogen-bond donors (Lipinski definition) is 1. The summed E-state index contributed by atoms with van der Waals surface area (Å²) < 4.78 is 1.92. The van der Waals surface area contributed by atoms with Crippen molar-refractivity contribution in [3.05, 3.63) is 18.0 Å². The Labute approximate surface area is 108 Å². The molecule has 0 spiro atoms. The van der Waals surface area contributed by atoms with Crippen LogP contribution in [-0.4, -0.2) is 33.2 Å². The lowest BCUT2D eigenvalue weighted by atomic mass is 10.0. The minimum atomic E-state index is -0.130. The quantitative estimate of drug-likeness (QED) is 0.859. The van der Waals surface area contributed by atoms with Crippen LogP contribution in [0.25, 0.3) is 0 Å². The van der Waals surface area contributed by atoms with Crippen LogP contribution in [0.5, 0.6) is 0 Å². The molecule has 5 nitrogen and oxygen atoms in total. The second kappa shape index (κ2) is 4.39. The van der Waals surface area contributed by atoms with Gasteiger partial charge in [0.05, 0.1) is 17.8 Å². The van der Waals surface area contributed by atoms with Crippen molar-refractivity contribution in [2.24, 2.45) is 5.73 Å². The molecule has 1 aliphatic heterocycles. The average molecular weight is 250 g/mol. The maximum absolute atomic E-state index is 11.8. The SMILES string of the molecule is CCN1C(=O)C[C@H](N)[C@H]1c1cnn(C(C)(C)C)c1. The van der Waals surface area contributed by atoms with E-state index in [1.54, 1.807) is 0 Å². The summed E-state index contributed by atoms with van der Waals surface area (Å²) in [5.74, 6) is 0.138. The van der Waals surface area contributed by atoms with Gasteiger partial charge in [0.15, 0.2) is 0 Å². The monoisotopic (exact) mass is 250 g/mol. The zero-order chi connectivity index (χ0) is 13.5. The van der Waals surface area contributed by atoms with Crippen LogP contribution in [0.3, 0.4) is 0 Å². The van der Waals surface area contributed by atoms with E-state index in [0.29, 0.717) is 13.0 Å². The zero-order valence-electron chi connectivity index (χ0n) is 11.6. The van der Waals surface area contributed by atoms with E-state index >= 15 is 0 Å². The summed E-state index contributed by atoms with van der Waals surface area (Å²) in [6.45, 7) is 8.97. The van der Waals surface area contributed by atoms with Gasteiger partial charge in [0, 0.05) is 30.8 Å². The van der Waals surface area contributed by atoms with E-state index in [2.05, 4.69) is 25.9 Å². The highest BCUT2D eigenvalue weighted by molar-refractivity contribution is 5.80. The Morgan fingerprint density at radius 3 is 2.67 bits per heavy atom. The van der Waals surface area contributed by atoms with Gasteiger partial charge in [0.25, 0.3) is 0 Å². The molecule has 1 aliphatic rings.